The van der Waals surface area contributed by atoms with Gasteiger partial charge >= 0.3 is 0 Å². The van der Waals surface area contributed by atoms with E-state index in [4.69, 9.17) is 11.6 Å². The van der Waals surface area contributed by atoms with Gasteiger partial charge in [0.15, 0.2) is 0 Å². The molecule has 1 atom stereocenters. The topological polar surface area (TPSA) is 35.8 Å². The summed E-state index contributed by atoms with van der Waals surface area (Å²) in [7, 11) is 0. The highest BCUT2D eigenvalue weighted by molar-refractivity contribution is 6.30. The lowest BCUT2D eigenvalue weighted by Gasteiger charge is -2.26. The van der Waals surface area contributed by atoms with Crippen LogP contribution in [0.5, 0.6) is 0 Å². The first-order valence-corrected chi connectivity index (χ1v) is 5.31. The molecule has 1 aromatic carbocycles. The fourth-order valence-corrected chi connectivity index (χ4v) is 1.67. The van der Waals surface area contributed by atoms with Crippen molar-refractivity contribution in [2.45, 2.75) is 32.4 Å². The molecule has 15 heavy (non-hydrogen) atoms. The van der Waals surface area contributed by atoms with Crippen molar-refractivity contribution in [3.63, 3.8) is 0 Å². The molecule has 0 bridgehead atoms. The fraction of sp³-hybridized carbons (Fsp3) is 0.417. The maximum atomic E-state index is 9.21. The van der Waals surface area contributed by atoms with Crippen LogP contribution < -0.4 is 5.32 Å². The van der Waals surface area contributed by atoms with Gasteiger partial charge in [-0.1, -0.05) is 23.7 Å². The third kappa shape index (κ3) is 2.95. The molecule has 3 heteroatoms. The molecule has 0 heterocycles. The van der Waals surface area contributed by atoms with Gasteiger partial charge in [-0.15, -0.1) is 0 Å². The van der Waals surface area contributed by atoms with E-state index in [9.17, 15) is 5.26 Å². The molecular formula is C12H15ClN2. The molecule has 80 valence electrons. The van der Waals surface area contributed by atoms with Crippen molar-refractivity contribution in [1.82, 2.24) is 5.32 Å². The summed E-state index contributed by atoms with van der Waals surface area (Å²) < 4.78 is 0. The van der Waals surface area contributed by atoms with E-state index < -0.39 is 5.54 Å². The minimum Gasteiger partial charge on any atom is -0.294 e. The Hall–Kier alpha value is -1.04. The second kappa shape index (κ2) is 4.65. The van der Waals surface area contributed by atoms with Gasteiger partial charge in [-0.3, -0.25) is 5.32 Å². The van der Waals surface area contributed by atoms with Crippen LogP contribution >= 0.6 is 11.6 Å². The Morgan fingerprint density at radius 2 is 1.87 bits per heavy atom. The predicted molar refractivity (Wildman–Crippen MR) is 62.7 cm³/mol. The van der Waals surface area contributed by atoms with Crippen LogP contribution in [-0.4, -0.2) is 6.04 Å². The molecule has 1 rings (SSSR count). The van der Waals surface area contributed by atoms with Gasteiger partial charge in [-0.25, -0.2) is 0 Å². The lowest BCUT2D eigenvalue weighted by Crippen LogP contribution is -2.42. The van der Waals surface area contributed by atoms with Crippen LogP contribution in [0.3, 0.4) is 0 Å². The number of hydrogen-bond acceptors (Lipinski definition) is 2. The molecule has 0 saturated heterocycles. The molecule has 0 aliphatic carbocycles. The standard InChI is InChI=1S/C12H15ClN2/c1-9(2)15-12(3,8-14)10-4-6-11(13)7-5-10/h4-7,9,15H,1-3H3. The van der Waals surface area contributed by atoms with E-state index in [0.717, 1.165) is 5.56 Å². The molecule has 0 aromatic heterocycles. The second-order valence-corrected chi connectivity index (χ2v) is 4.48. The van der Waals surface area contributed by atoms with Gasteiger partial charge in [0, 0.05) is 11.1 Å². The summed E-state index contributed by atoms with van der Waals surface area (Å²) in [5.41, 5.74) is 0.279. The minimum absolute atomic E-state index is 0.255. The number of nitrogens with zero attached hydrogens (tertiary/aromatic N) is 1. The Kier molecular flexibility index (Phi) is 3.73. The van der Waals surface area contributed by atoms with Crippen LogP contribution in [0.2, 0.25) is 5.02 Å². The van der Waals surface area contributed by atoms with Crippen molar-refractivity contribution in [2.75, 3.05) is 0 Å². The number of halogens is 1. The monoisotopic (exact) mass is 222 g/mol. The first-order chi connectivity index (χ1) is 6.98. The molecule has 0 radical (unpaired) electrons. The van der Waals surface area contributed by atoms with Crippen molar-refractivity contribution >= 4 is 11.6 Å². The van der Waals surface area contributed by atoms with Gasteiger partial charge in [-0.05, 0) is 38.5 Å². The maximum absolute atomic E-state index is 9.21. The van der Waals surface area contributed by atoms with Gasteiger partial charge in [0.05, 0.1) is 6.07 Å². The number of benzene rings is 1. The van der Waals surface area contributed by atoms with Crippen LogP contribution in [0.1, 0.15) is 26.3 Å². The van der Waals surface area contributed by atoms with E-state index in [2.05, 4.69) is 11.4 Å². The lowest BCUT2D eigenvalue weighted by atomic mass is 9.93. The van der Waals surface area contributed by atoms with Crippen LogP contribution in [0.15, 0.2) is 24.3 Å². The molecule has 0 saturated carbocycles. The Morgan fingerprint density at radius 3 is 2.27 bits per heavy atom. The Bertz CT molecular complexity index is 364. The Morgan fingerprint density at radius 1 is 1.33 bits per heavy atom. The van der Waals surface area contributed by atoms with Crippen molar-refractivity contribution < 1.29 is 0 Å². The van der Waals surface area contributed by atoms with Crippen molar-refractivity contribution in [3.8, 4) is 6.07 Å². The van der Waals surface area contributed by atoms with Crippen molar-refractivity contribution in [3.05, 3.63) is 34.9 Å². The number of nitriles is 1. The van der Waals surface area contributed by atoms with E-state index >= 15 is 0 Å². The summed E-state index contributed by atoms with van der Waals surface area (Å²) >= 11 is 5.81. The second-order valence-electron chi connectivity index (χ2n) is 4.04. The average Bonchev–Trinajstić information content (AvgIpc) is 2.17. The molecule has 0 aliphatic rings. The Balaban J connectivity index is 3.02. The highest BCUT2D eigenvalue weighted by atomic mass is 35.5. The average molecular weight is 223 g/mol. The predicted octanol–water partition coefficient (Wildman–Crippen LogP) is 3.08. The molecule has 0 aliphatic heterocycles. The van der Waals surface area contributed by atoms with Crippen molar-refractivity contribution in [1.29, 1.82) is 5.26 Å². The largest absolute Gasteiger partial charge is 0.294 e. The zero-order valence-electron chi connectivity index (χ0n) is 9.21. The van der Waals surface area contributed by atoms with Gasteiger partial charge < -0.3 is 0 Å². The summed E-state index contributed by atoms with van der Waals surface area (Å²) in [6.45, 7) is 5.91. The number of nitrogens with one attached hydrogen (secondary N) is 1. The number of hydrogen-bond donors (Lipinski definition) is 1. The maximum Gasteiger partial charge on any atom is 0.129 e. The third-order valence-corrected chi connectivity index (χ3v) is 2.47. The molecule has 0 fully saturated rings. The summed E-state index contributed by atoms with van der Waals surface area (Å²) in [5.74, 6) is 0. The lowest BCUT2D eigenvalue weighted by molar-refractivity contribution is 0.419. The van der Waals surface area contributed by atoms with E-state index in [1.807, 2.05) is 32.9 Å². The minimum atomic E-state index is -0.654. The molecule has 0 amide bonds. The van der Waals surface area contributed by atoms with Gasteiger partial charge in [0.25, 0.3) is 0 Å². The summed E-state index contributed by atoms with van der Waals surface area (Å²) in [5, 5.41) is 13.1. The van der Waals surface area contributed by atoms with E-state index in [0.29, 0.717) is 5.02 Å². The summed E-state index contributed by atoms with van der Waals surface area (Å²) in [6.07, 6.45) is 0. The SMILES string of the molecule is CC(C)NC(C)(C#N)c1ccc(Cl)cc1. The third-order valence-electron chi connectivity index (χ3n) is 2.22. The van der Waals surface area contributed by atoms with Gasteiger partial charge in [0.2, 0.25) is 0 Å². The van der Waals surface area contributed by atoms with Crippen LogP contribution in [0, 0.1) is 11.3 Å². The van der Waals surface area contributed by atoms with Crippen LogP contribution in [0.4, 0.5) is 0 Å². The molecule has 2 nitrogen and oxygen atoms in total. The number of rotatable bonds is 3. The molecule has 1 aromatic rings. The highest BCUT2D eigenvalue weighted by Crippen LogP contribution is 2.22. The summed E-state index contributed by atoms with van der Waals surface area (Å²) in [4.78, 5) is 0. The zero-order chi connectivity index (χ0) is 11.5. The van der Waals surface area contributed by atoms with Crippen LogP contribution in [0.25, 0.3) is 0 Å². The van der Waals surface area contributed by atoms with Gasteiger partial charge in [-0.2, -0.15) is 5.26 Å². The quantitative estimate of drug-likeness (QED) is 0.853. The molecule has 0 spiro atoms. The molecule has 1 N–H and O–H groups in total. The molecule has 1 unspecified atom stereocenters. The van der Waals surface area contributed by atoms with Crippen LogP contribution in [-0.2, 0) is 5.54 Å². The fourth-order valence-electron chi connectivity index (χ4n) is 1.54. The normalized spacial score (nSPS) is 14.7. The smallest absolute Gasteiger partial charge is 0.129 e. The Labute approximate surface area is 95.9 Å². The molecular weight excluding hydrogens is 208 g/mol. The van der Waals surface area contributed by atoms with Crippen molar-refractivity contribution in [2.24, 2.45) is 0 Å². The first kappa shape index (κ1) is 12.0. The van der Waals surface area contributed by atoms with Gasteiger partial charge in [0.1, 0.15) is 5.54 Å². The van der Waals surface area contributed by atoms with E-state index in [-0.39, 0.29) is 6.04 Å². The summed E-state index contributed by atoms with van der Waals surface area (Å²) in [6, 6.07) is 9.90. The van der Waals surface area contributed by atoms with E-state index in [1.165, 1.54) is 0 Å². The first-order valence-electron chi connectivity index (χ1n) is 4.93. The zero-order valence-corrected chi connectivity index (χ0v) is 9.97. The highest BCUT2D eigenvalue weighted by Gasteiger charge is 2.26. The van der Waals surface area contributed by atoms with E-state index in [1.54, 1.807) is 12.1 Å².